The summed E-state index contributed by atoms with van der Waals surface area (Å²) in [7, 11) is 3.29. The fraction of sp³-hybridized carbons (Fsp3) is 0.619. The van der Waals surface area contributed by atoms with Crippen molar-refractivity contribution in [2.75, 3.05) is 40.4 Å². The molecule has 1 amide bonds. The second-order valence-electron chi connectivity index (χ2n) is 6.84. The van der Waals surface area contributed by atoms with Crippen molar-refractivity contribution in [1.29, 1.82) is 0 Å². The summed E-state index contributed by atoms with van der Waals surface area (Å²) in [5, 5.41) is 6.62. The van der Waals surface area contributed by atoms with Crippen molar-refractivity contribution in [3.8, 4) is 11.5 Å². The number of amides is 1. The number of nitrogens with one attached hydrogen (secondary N) is 2. The summed E-state index contributed by atoms with van der Waals surface area (Å²) >= 11 is 0. The first-order valence-corrected chi connectivity index (χ1v) is 10.2. The topological polar surface area (TPSA) is 75.2 Å². The number of aliphatic imine (C=N–C) groups is 1. The summed E-state index contributed by atoms with van der Waals surface area (Å²) in [4.78, 5) is 18.7. The van der Waals surface area contributed by atoms with Gasteiger partial charge >= 0.3 is 0 Å². The highest BCUT2D eigenvalue weighted by Crippen LogP contribution is 2.25. The van der Waals surface area contributed by atoms with Crippen LogP contribution < -0.4 is 20.1 Å². The summed E-state index contributed by atoms with van der Waals surface area (Å²) in [5.41, 5.74) is 0.996. The van der Waals surface area contributed by atoms with Crippen LogP contribution in [0.2, 0.25) is 0 Å². The van der Waals surface area contributed by atoms with Gasteiger partial charge in [-0.2, -0.15) is 0 Å². The number of methoxy groups -OCH3 is 2. The molecule has 0 radical (unpaired) electrons. The number of carbonyl (C=O) groups excluding carboxylic acids is 1. The van der Waals surface area contributed by atoms with Crippen molar-refractivity contribution in [2.45, 2.75) is 45.6 Å². The van der Waals surface area contributed by atoms with Crippen molar-refractivity contribution in [3.63, 3.8) is 0 Å². The SMILES string of the molecule is CCNC(=NCc1ccc(OC)cc1OC)NCCCN1CCCCCC1=O. The number of rotatable bonds is 9. The molecular weight excluding hydrogens is 356 g/mol. The first-order chi connectivity index (χ1) is 13.7. The number of hydrogen-bond acceptors (Lipinski definition) is 4. The van der Waals surface area contributed by atoms with E-state index in [2.05, 4.69) is 15.6 Å². The summed E-state index contributed by atoms with van der Waals surface area (Å²) in [6.45, 7) is 5.81. The highest BCUT2D eigenvalue weighted by atomic mass is 16.5. The number of benzene rings is 1. The number of hydrogen-bond donors (Lipinski definition) is 2. The lowest BCUT2D eigenvalue weighted by molar-refractivity contribution is -0.130. The van der Waals surface area contributed by atoms with E-state index in [9.17, 15) is 4.79 Å². The van der Waals surface area contributed by atoms with Gasteiger partial charge < -0.3 is 25.0 Å². The van der Waals surface area contributed by atoms with Crippen LogP contribution >= 0.6 is 0 Å². The number of likely N-dealkylation sites (tertiary alicyclic amines) is 1. The second kappa shape index (κ2) is 12.1. The monoisotopic (exact) mass is 390 g/mol. The van der Waals surface area contributed by atoms with E-state index in [1.165, 1.54) is 0 Å². The average molecular weight is 391 g/mol. The number of ether oxygens (including phenoxy) is 2. The zero-order chi connectivity index (χ0) is 20.2. The molecule has 0 aromatic heterocycles. The molecule has 7 heteroatoms. The van der Waals surface area contributed by atoms with Crippen LogP contribution in [0.4, 0.5) is 0 Å². The largest absolute Gasteiger partial charge is 0.497 e. The Morgan fingerprint density at radius 1 is 1.18 bits per heavy atom. The summed E-state index contributed by atoms with van der Waals surface area (Å²) in [6, 6.07) is 5.74. The van der Waals surface area contributed by atoms with Gasteiger partial charge in [0.2, 0.25) is 5.91 Å². The molecule has 0 unspecified atom stereocenters. The molecule has 1 aromatic rings. The predicted octanol–water partition coefficient (Wildman–Crippen LogP) is 2.55. The lowest BCUT2D eigenvalue weighted by Crippen LogP contribution is -2.39. The molecule has 0 saturated carbocycles. The Morgan fingerprint density at radius 3 is 2.79 bits per heavy atom. The van der Waals surface area contributed by atoms with Crippen LogP contribution in [0.3, 0.4) is 0 Å². The minimum absolute atomic E-state index is 0.296. The van der Waals surface area contributed by atoms with Gasteiger partial charge in [-0.15, -0.1) is 0 Å². The third-order valence-corrected chi connectivity index (χ3v) is 4.81. The maximum Gasteiger partial charge on any atom is 0.222 e. The van der Waals surface area contributed by atoms with Gasteiger partial charge in [0, 0.05) is 44.2 Å². The molecule has 7 nitrogen and oxygen atoms in total. The van der Waals surface area contributed by atoms with Gasteiger partial charge in [0.15, 0.2) is 5.96 Å². The van der Waals surface area contributed by atoms with E-state index >= 15 is 0 Å². The second-order valence-corrected chi connectivity index (χ2v) is 6.84. The molecular formula is C21H34N4O3. The molecule has 0 aliphatic carbocycles. The summed E-state index contributed by atoms with van der Waals surface area (Å²) < 4.78 is 10.7. The van der Waals surface area contributed by atoms with Gasteiger partial charge in [0.25, 0.3) is 0 Å². The molecule has 1 aliphatic heterocycles. The smallest absolute Gasteiger partial charge is 0.222 e. The van der Waals surface area contributed by atoms with Gasteiger partial charge in [0.1, 0.15) is 11.5 Å². The first kappa shape index (κ1) is 21.9. The minimum atomic E-state index is 0.296. The first-order valence-electron chi connectivity index (χ1n) is 10.2. The molecule has 1 saturated heterocycles. The van der Waals surface area contributed by atoms with Crippen LogP contribution in [0.25, 0.3) is 0 Å². The zero-order valence-corrected chi connectivity index (χ0v) is 17.4. The molecule has 2 N–H and O–H groups in total. The zero-order valence-electron chi connectivity index (χ0n) is 17.4. The van der Waals surface area contributed by atoms with Gasteiger partial charge in [0.05, 0.1) is 20.8 Å². The number of nitrogens with zero attached hydrogens (tertiary/aromatic N) is 2. The summed E-state index contributed by atoms with van der Waals surface area (Å²) in [6.07, 6.45) is 4.91. The van der Waals surface area contributed by atoms with Crippen molar-refractivity contribution in [1.82, 2.24) is 15.5 Å². The molecule has 0 atom stereocenters. The quantitative estimate of drug-likeness (QED) is 0.385. The van der Waals surface area contributed by atoms with Crippen molar-refractivity contribution >= 4 is 11.9 Å². The van der Waals surface area contributed by atoms with E-state index in [-0.39, 0.29) is 0 Å². The lowest BCUT2D eigenvalue weighted by atomic mass is 10.2. The summed E-state index contributed by atoms with van der Waals surface area (Å²) in [5.74, 6) is 2.59. The van der Waals surface area contributed by atoms with E-state index < -0.39 is 0 Å². The van der Waals surface area contributed by atoms with E-state index in [1.54, 1.807) is 14.2 Å². The molecule has 0 spiro atoms. The number of carbonyl (C=O) groups is 1. The fourth-order valence-electron chi connectivity index (χ4n) is 3.24. The molecule has 1 fully saturated rings. The Kier molecular flexibility index (Phi) is 9.45. The van der Waals surface area contributed by atoms with Crippen LogP contribution in [0.1, 0.15) is 44.6 Å². The van der Waals surface area contributed by atoms with E-state index in [1.807, 2.05) is 30.0 Å². The highest BCUT2D eigenvalue weighted by Gasteiger charge is 2.15. The Bertz CT molecular complexity index is 649. The normalized spacial score (nSPS) is 15.2. The van der Waals surface area contributed by atoms with Crippen LogP contribution in [0.5, 0.6) is 11.5 Å². The maximum atomic E-state index is 12.1. The Labute approximate surface area is 168 Å². The standard InChI is InChI=1S/C21H34N4O3/c1-4-22-21(23-12-8-14-25-13-7-5-6-9-20(25)26)24-16-17-10-11-18(27-2)15-19(17)28-3/h10-11,15H,4-9,12-14,16H2,1-3H3,(H2,22,23,24). The van der Waals surface area contributed by atoms with Gasteiger partial charge in [-0.3, -0.25) is 4.79 Å². The maximum absolute atomic E-state index is 12.1. The molecule has 1 aliphatic rings. The van der Waals surface area contributed by atoms with E-state index in [0.29, 0.717) is 18.9 Å². The third-order valence-electron chi connectivity index (χ3n) is 4.81. The minimum Gasteiger partial charge on any atom is -0.497 e. The average Bonchev–Trinajstić information content (AvgIpc) is 2.93. The highest BCUT2D eigenvalue weighted by molar-refractivity contribution is 5.79. The van der Waals surface area contributed by atoms with E-state index in [4.69, 9.17) is 9.47 Å². The molecule has 28 heavy (non-hydrogen) atoms. The molecule has 156 valence electrons. The molecule has 2 rings (SSSR count). The molecule has 1 aromatic carbocycles. The Balaban J connectivity index is 1.85. The van der Waals surface area contributed by atoms with Gasteiger partial charge in [-0.25, -0.2) is 4.99 Å². The third kappa shape index (κ3) is 6.94. The number of guanidine groups is 1. The van der Waals surface area contributed by atoms with Gasteiger partial charge in [-0.1, -0.05) is 6.42 Å². The molecule has 1 heterocycles. The van der Waals surface area contributed by atoms with Crippen molar-refractivity contribution < 1.29 is 14.3 Å². The van der Waals surface area contributed by atoms with Crippen LogP contribution in [-0.2, 0) is 11.3 Å². The van der Waals surface area contributed by atoms with E-state index in [0.717, 1.165) is 74.9 Å². The predicted molar refractivity (Wildman–Crippen MR) is 112 cm³/mol. The van der Waals surface area contributed by atoms with Crippen LogP contribution in [0.15, 0.2) is 23.2 Å². The van der Waals surface area contributed by atoms with Crippen molar-refractivity contribution in [2.24, 2.45) is 4.99 Å². The van der Waals surface area contributed by atoms with Crippen LogP contribution in [0, 0.1) is 0 Å². The van der Waals surface area contributed by atoms with Gasteiger partial charge in [-0.05, 0) is 38.3 Å². The van der Waals surface area contributed by atoms with Crippen LogP contribution in [-0.4, -0.2) is 57.2 Å². The lowest BCUT2D eigenvalue weighted by Gasteiger charge is -2.20. The molecule has 0 bridgehead atoms. The van der Waals surface area contributed by atoms with Crippen molar-refractivity contribution in [3.05, 3.63) is 23.8 Å². The Morgan fingerprint density at radius 2 is 2.04 bits per heavy atom. The Hall–Kier alpha value is -2.44. The fourth-order valence-corrected chi connectivity index (χ4v) is 3.24.